The molecule has 208 valence electrons. The Bertz CT molecular complexity index is 941. The molecule has 1 rings (SSSR count). The summed E-state index contributed by atoms with van der Waals surface area (Å²) in [4.78, 5) is 48.2. The predicted molar refractivity (Wildman–Crippen MR) is 134 cm³/mol. The van der Waals surface area contributed by atoms with Crippen LogP contribution in [0.4, 0.5) is 9.59 Å². The van der Waals surface area contributed by atoms with Gasteiger partial charge in [0.05, 0.1) is 17.6 Å². The van der Waals surface area contributed by atoms with E-state index in [1.807, 2.05) is 6.92 Å². The fraction of sp³-hybridized carbons (Fsp3) is 0.615. The van der Waals surface area contributed by atoms with Gasteiger partial charge in [0.15, 0.2) is 11.5 Å². The van der Waals surface area contributed by atoms with Crippen LogP contribution in [0.1, 0.15) is 67.4 Å². The first-order chi connectivity index (χ1) is 17.1. The van der Waals surface area contributed by atoms with Crippen LogP contribution in [0.25, 0.3) is 0 Å². The van der Waals surface area contributed by atoms with Gasteiger partial charge in [-0.25, -0.2) is 9.59 Å². The Hall–Kier alpha value is -3.34. The monoisotopic (exact) mass is 525 g/mol. The largest absolute Gasteiger partial charge is 0.514 e. The van der Waals surface area contributed by atoms with Crippen LogP contribution < -0.4 is 14.8 Å². The molecule has 0 aliphatic heterocycles. The van der Waals surface area contributed by atoms with Gasteiger partial charge < -0.3 is 34.1 Å². The van der Waals surface area contributed by atoms with E-state index in [1.165, 1.54) is 18.2 Å². The first kappa shape index (κ1) is 31.7. The third-order valence-electron chi connectivity index (χ3n) is 5.19. The summed E-state index contributed by atoms with van der Waals surface area (Å²) in [7, 11) is 0. The lowest BCUT2D eigenvalue weighted by Gasteiger charge is -2.24. The van der Waals surface area contributed by atoms with Gasteiger partial charge in [0.25, 0.3) is 0 Å². The predicted octanol–water partition coefficient (Wildman–Crippen LogP) is 4.49. The summed E-state index contributed by atoms with van der Waals surface area (Å²) in [5.41, 5.74) is -0.174. The summed E-state index contributed by atoms with van der Waals surface area (Å²) in [5, 5.41) is 12.6. The number of ether oxygens (including phenoxy) is 5. The summed E-state index contributed by atoms with van der Waals surface area (Å²) in [6.07, 6.45) is -2.87. The molecule has 0 radical (unpaired) electrons. The van der Waals surface area contributed by atoms with E-state index in [0.29, 0.717) is 12.0 Å². The zero-order chi connectivity index (χ0) is 28.3. The van der Waals surface area contributed by atoms with Crippen molar-refractivity contribution in [2.24, 2.45) is 5.41 Å². The van der Waals surface area contributed by atoms with Gasteiger partial charge in [-0.05, 0) is 79.0 Å². The number of hydrogen-bond donors (Lipinski definition) is 2. The van der Waals surface area contributed by atoms with Gasteiger partial charge in [-0.3, -0.25) is 9.59 Å². The van der Waals surface area contributed by atoms with Gasteiger partial charge >= 0.3 is 24.2 Å². The second kappa shape index (κ2) is 14.4. The van der Waals surface area contributed by atoms with Crippen LogP contribution in [-0.2, 0) is 30.2 Å². The van der Waals surface area contributed by atoms with Crippen LogP contribution >= 0.6 is 0 Å². The quantitative estimate of drug-likeness (QED) is 0.213. The van der Waals surface area contributed by atoms with E-state index < -0.39 is 48.0 Å². The van der Waals surface area contributed by atoms with Crippen molar-refractivity contribution in [2.45, 2.75) is 92.6 Å². The van der Waals surface area contributed by atoms with Gasteiger partial charge in [-0.15, -0.1) is 0 Å². The Morgan fingerprint density at radius 2 is 1.43 bits per heavy atom. The average Bonchev–Trinajstić information content (AvgIpc) is 2.76. The summed E-state index contributed by atoms with van der Waals surface area (Å²) in [5.74, 6) is -1.74. The minimum Gasteiger partial charge on any atom is -0.480 e. The van der Waals surface area contributed by atoms with E-state index in [4.69, 9.17) is 23.7 Å². The molecule has 37 heavy (non-hydrogen) atoms. The third kappa shape index (κ3) is 11.5. The van der Waals surface area contributed by atoms with Crippen LogP contribution in [0.5, 0.6) is 11.5 Å². The van der Waals surface area contributed by atoms with Crippen LogP contribution in [0, 0.1) is 5.41 Å². The highest BCUT2D eigenvalue weighted by atomic mass is 16.7. The molecule has 1 unspecified atom stereocenters. The number of carbonyl (C=O) groups is 4. The Labute approximate surface area is 217 Å². The average molecular weight is 526 g/mol. The van der Waals surface area contributed by atoms with Crippen molar-refractivity contribution in [3.8, 4) is 11.5 Å². The van der Waals surface area contributed by atoms with E-state index in [2.05, 4.69) is 5.32 Å². The van der Waals surface area contributed by atoms with Gasteiger partial charge in [0, 0.05) is 6.54 Å². The standard InChI is InChI=1S/C26H39NO10/c1-9-26(7,8)23(30)35-17(6)14-27-19(22(28)29)12-18-10-11-20(36-24(31)33-15(2)3)21(13-18)37-25(32)34-16(4)5/h10-11,13,15-17,19,27H,9,12,14H2,1-8H3,(H,28,29)/t17?,19-/m0/s1. The Morgan fingerprint density at radius 3 is 1.92 bits per heavy atom. The molecule has 0 aromatic heterocycles. The van der Waals surface area contributed by atoms with Gasteiger partial charge in [0.2, 0.25) is 0 Å². The van der Waals surface area contributed by atoms with E-state index in [0.717, 1.165) is 0 Å². The SMILES string of the molecule is CCC(C)(C)C(=O)OC(C)CN[C@@H](Cc1ccc(OC(=O)OC(C)C)c(OC(=O)OC(C)C)c1)C(=O)O. The molecule has 0 heterocycles. The highest BCUT2D eigenvalue weighted by molar-refractivity contribution is 5.76. The van der Waals surface area contributed by atoms with Crippen molar-refractivity contribution in [2.75, 3.05) is 6.54 Å². The lowest BCUT2D eigenvalue weighted by Crippen LogP contribution is -2.43. The molecule has 0 bridgehead atoms. The lowest BCUT2D eigenvalue weighted by molar-refractivity contribution is -0.158. The molecule has 0 fully saturated rings. The van der Waals surface area contributed by atoms with Crippen LogP contribution in [0.3, 0.4) is 0 Å². The molecule has 11 nitrogen and oxygen atoms in total. The van der Waals surface area contributed by atoms with Crippen molar-refractivity contribution in [1.29, 1.82) is 0 Å². The van der Waals surface area contributed by atoms with Gasteiger partial charge in [-0.2, -0.15) is 0 Å². The highest BCUT2D eigenvalue weighted by Crippen LogP contribution is 2.30. The van der Waals surface area contributed by atoms with Crippen molar-refractivity contribution < 1.29 is 48.0 Å². The zero-order valence-electron chi connectivity index (χ0n) is 22.8. The molecule has 0 saturated carbocycles. The molecular weight excluding hydrogens is 486 g/mol. The second-order valence-corrected chi connectivity index (χ2v) is 9.77. The Morgan fingerprint density at radius 1 is 0.892 bits per heavy atom. The van der Waals surface area contributed by atoms with Crippen LogP contribution in [0.2, 0.25) is 0 Å². The number of carboxylic acid groups (broad SMARTS) is 1. The number of carbonyl (C=O) groups excluding carboxylic acids is 3. The maximum atomic E-state index is 12.3. The maximum absolute atomic E-state index is 12.3. The molecule has 0 aliphatic carbocycles. The summed E-state index contributed by atoms with van der Waals surface area (Å²) < 4.78 is 25.7. The summed E-state index contributed by atoms with van der Waals surface area (Å²) >= 11 is 0. The number of benzene rings is 1. The van der Waals surface area contributed by atoms with Crippen LogP contribution in [0.15, 0.2) is 18.2 Å². The number of carboxylic acids is 1. The van der Waals surface area contributed by atoms with E-state index in [-0.39, 0.29) is 30.4 Å². The molecule has 11 heteroatoms. The normalized spacial score (nSPS) is 13.0. The molecule has 2 N–H and O–H groups in total. The number of nitrogens with one attached hydrogen (secondary N) is 1. The Balaban J connectivity index is 3.01. The molecule has 2 atom stereocenters. The molecule has 1 aromatic carbocycles. The molecular formula is C26H39NO10. The topological polar surface area (TPSA) is 147 Å². The maximum Gasteiger partial charge on any atom is 0.514 e. The summed E-state index contributed by atoms with van der Waals surface area (Å²) in [6.45, 7) is 13.8. The third-order valence-corrected chi connectivity index (χ3v) is 5.19. The van der Waals surface area contributed by atoms with Crippen molar-refractivity contribution in [3.63, 3.8) is 0 Å². The van der Waals surface area contributed by atoms with E-state index in [1.54, 1.807) is 48.5 Å². The molecule has 0 amide bonds. The second-order valence-electron chi connectivity index (χ2n) is 9.77. The van der Waals surface area contributed by atoms with E-state index in [9.17, 15) is 24.3 Å². The smallest absolute Gasteiger partial charge is 0.480 e. The molecule has 1 aromatic rings. The number of rotatable bonds is 13. The minimum atomic E-state index is -1.13. The van der Waals surface area contributed by atoms with Crippen LogP contribution in [-0.4, -0.2) is 60.3 Å². The fourth-order valence-corrected chi connectivity index (χ4v) is 2.78. The first-order valence-corrected chi connectivity index (χ1v) is 12.2. The Kier molecular flexibility index (Phi) is 12.3. The lowest BCUT2D eigenvalue weighted by atomic mass is 9.90. The first-order valence-electron chi connectivity index (χ1n) is 12.2. The summed E-state index contributed by atoms with van der Waals surface area (Å²) in [6, 6.07) is 3.23. The highest BCUT2D eigenvalue weighted by Gasteiger charge is 2.29. The van der Waals surface area contributed by atoms with Gasteiger partial charge in [-0.1, -0.05) is 13.0 Å². The molecule has 0 spiro atoms. The van der Waals surface area contributed by atoms with Gasteiger partial charge in [0.1, 0.15) is 12.1 Å². The molecule has 0 saturated heterocycles. The van der Waals surface area contributed by atoms with Crippen molar-refractivity contribution >= 4 is 24.2 Å². The number of esters is 1. The number of aliphatic carboxylic acids is 1. The minimum absolute atomic E-state index is 0.0111. The number of hydrogen-bond acceptors (Lipinski definition) is 10. The van der Waals surface area contributed by atoms with E-state index >= 15 is 0 Å². The molecule has 0 aliphatic rings. The zero-order valence-corrected chi connectivity index (χ0v) is 22.8. The van der Waals surface area contributed by atoms with Crippen molar-refractivity contribution in [1.82, 2.24) is 5.32 Å². The van der Waals surface area contributed by atoms with Crippen molar-refractivity contribution in [3.05, 3.63) is 23.8 Å². The fourth-order valence-electron chi connectivity index (χ4n) is 2.78.